The number of fused-ring (bicyclic) bond motifs is 21. The van der Waals surface area contributed by atoms with Gasteiger partial charge in [0.1, 0.15) is 0 Å². The first-order chi connectivity index (χ1) is 70.2. The van der Waals surface area contributed by atoms with Gasteiger partial charge in [-0.05, 0) is 280 Å². The number of hydrogen-bond acceptors (Lipinski definition) is 4. The Labute approximate surface area is 862 Å². The SMILES string of the molecule is CC(C)(C)c1cc(N2c3ccccc3B3c4cc5c(cc4N(c4cc(C(C)(C)C)cc(C(C)(C)C)c4)c4cc(-n6c7ccccc7c7ccccc76)cc2c43)N(c2c(-c3ccccc3)cc(C(C)(C)C)cc2-c2ccccc2)c2cc(-c3cccc4c3C3(c6ccccc6-c6ccccc63)c3ccccc3-4)cc3c2B5c2ccccc2N3c2c(-c3ccccc3)cc(C(C)(C)C)cc2-c2ccccc2)cc(C(C)(C)C)c1. The van der Waals surface area contributed by atoms with E-state index in [1.807, 2.05) is 0 Å². The van der Waals surface area contributed by atoms with Crippen LogP contribution in [0.3, 0.4) is 0 Å². The number of aromatic nitrogens is 1. The summed E-state index contributed by atoms with van der Waals surface area (Å²) in [7, 11) is 0. The molecular weight excluding hydrogens is 1760 g/mol. The van der Waals surface area contributed by atoms with Crippen LogP contribution in [0.4, 0.5) is 68.2 Å². The molecule has 1 spiro atoms. The molecule has 0 unspecified atom stereocenters. The molecule has 0 N–H and O–H groups in total. The van der Waals surface area contributed by atoms with Gasteiger partial charge in [-0.2, -0.15) is 0 Å². The van der Waals surface area contributed by atoms with E-state index in [0.29, 0.717) is 0 Å². The van der Waals surface area contributed by atoms with E-state index < -0.39 is 12.1 Å². The molecule has 6 aliphatic rings. The second kappa shape index (κ2) is 32.7. The molecule has 20 aromatic rings. The van der Waals surface area contributed by atoms with Crippen LogP contribution in [-0.2, 0) is 37.9 Å². The molecule has 5 nitrogen and oxygen atoms in total. The molecule has 5 heterocycles. The van der Waals surface area contributed by atoms with Gasteiger partial charge in [-0.1, -0.05) is 428 Å². The topological polar surface area (TPSA) is 17.9 Å². The van der Waals surface area contributed by atoms with E-state index in [1.54, 1.807) is 0 Å². The quantitative estimate of drug-likeness (QED) is 0.127. The first-order valence-electron chi connectivity index (χ1n) is 52.5. The highest BCUT2D eigenvalue weighted by molar-refractivity contribution is 7.03. The number of rotatable bonds is 10. The Bertz CT molecular complexity index is 8520. The lowest BCUT2D eigenvalue weighted by atomic mass is 9.30. The van der Waals surface area contributed by atoms with Crippen LogP contribution in [0.1, 0.15) is 180 Å². The van der Waals surface area contributed by atoms with E-state index in [9.17, 15) is 0 Å². The van der Waals surface area contributed by atoms with Crippen LogP contribution in [0.25, 0.3) is 105 Å². The highest BCUT2D eigenvalue weighted by atomic mass is 15.2. The molecule has 0 atom stereocenters. The molecule has 26 rings (SSSR count). The lowest BCUT2D eigenvalue weighted by Gasteiger charge is -2.48. The summed E-state index contributed by atoms with van der Waals surface area (Å²) in [6.07, 6.45) is 0. The van der Waals surface area contributed by atoms with Crippen molar-refractivity contribution in [1.29, 1.82) is 0 Å². The summed E-state index contributed by atoms with van der Waals surface area (Å²) in [6, 6.07) is 160. The molecule has 0 radical (unpaired) electrons. The van der Waals surface area contributed by atoms with Gasteiger partial charge in [-0.3, -0.25) is 0 Å². The van der Waals surface area contributed by atoms with Crippen molar-refractivity contribution in [3.63, 3.8) is 0 Å². The van der Waals surface area contributed by atoms with Gasteiger partial charge in [0.15, 0.2) is 0 Å². The Morgan fingerprint density at radius 1 is 0.192 bits per heavy atom. The van der Waals surface area contributed by atoms with Crippen LogP contribution in [0, 0.1) is 0 Å². The monoisotopic (exact) mass is 1880 g/mol. The number of nitrogens with zero attached hydrogens (tertiary/aromatic N) is 5. The normalized spacial score (nSPS) is 14.1. The lowest BCUT2D eigenvalue weighted by molar-refractivity contribution is 0.568. The fourth-order valence-electron chi connectivity index (χ4n) is 25.5. The van der Waals surface area contributed by atoms with Crippen molar-refractivity contribution < 1.29 is 0 Å². The third-order valence-electron chi connectivity index (χ3n) is 32.8. The molecule has 146 heavy (non-hydrogen) atoms. The van der Waals surface area contributed by atoms with Crippen LogP contribution >= 0.6 is 0 Å². The van der Waals surface area contributed by atoms with Crippen LogP contribution in [0.15, 0.2) is 406 Å². The molecule has 0 saturated carbocycles. The molecule has 0 fully saturated rings. The molecule has 19 aromatic carbocycles. The van der Waals surface area contributed by atoms with Crippen molar-refractivity contribution in [2.45, 2.75) is 163 Å². The molecule has 1 aromatic heterocycles. The Kier molecular flexibility index (Phi) is 20.2. The minimum Gasteiger partial charge on any atom is -0.311 e. The summed E-state index contributed by atoms with van der Waals surface area (Å²) in [5.41, 5.74) is 51.3. The Balaban J connectivity index is 0.877. The van der Waals surface area contributed by atoms with E-state index >= 15 is 0 Å². The van der Waals surface area contributed by atoms with Crippen LogP contribution in [-0.4, -0.2) is 18.0 Å². The number of anilines is 12. The maximum Gasteiger partial charge on any atom is 0.252 e. The molecule has 2 aliphatic carbocycles. The predicted octanol–water partition coefficient (Wildman–Crippen LogP) is 33.4. The number of benzene rings is 19. The van der Waals surface area contributed by atoms with Crippen molar-refractivity contribution >= 4 is 136 Å². The highest BCUT2D eigenvalue weighted by Crippen LogP contribution is 2.66. The smallest absolute Gasteiger partial charge is 0.252 e. The van der Waals surface area contributed by atoms with Gasteiger partial charge < -0.3 is 24.2 Å². The molecule has 7 heteroatoms. The molecule has 0 bridgehead atoms. The van der Waals surface area contributed by atoms with Gasteiger partial charge in [0, 0.05) is 89.9 Å². The third kappa shape index (κ3) is 13.9. The second-order valence-corrected chi connectivity index (χ2v) is 47.9. The van der Waals surface area contributed by atoms with Gasteiger partial charge in [-0.25, -0.2) is 0 Å². The van der Waals surface area contributed by atoms with E-state index in [0.717, 1.165) is 135 Å². The van der Waals surface area contributed by atoms with E-state index in [-0.39, 0.29) is 39.2 Å². The summed E-state index contributed by atoms with van der Waals surface area (Å²) < 4.78 is 2.58. The van der Waals surface area contributed by atoms with Crippen LogP contribution in [0.2, 0.25) is 0 Å². The lowest BCUT2D eigenvalue weighted by Crippen LogP contribution is -2.65. The van der Waals surface area contributed by atoms with E-state index in [4.69, 9.17) is 0 Å². The highest BCUT2D eigenvalue weighted by Gasteiger charge is 2.55. The Hall–Kier alpha value is -15.7. The van der Waals surface area contributed by atoms with E-state index in [1.165, 1.54) is 127 Å². The number of hydrogen-bond donors (Lipinski definition) is 0. The van der Waals surface area contributed by atoms with Gasteiger partial charge >= 0.3 is 0 Å². The number of para-hydroxylation sites is 4. The fourth-order valence-corrected chi connectivity index (χ4v) is 25.5. The zero-order chi connectivity index (χ0) is 100. The molecule has 708 valence electrons. The summed E-state index contributed by atoms with van der Waals surface area (Å²) in [5, 5.41) is 2.43. The van der Waals surface area contributed by atoms with Crippen molar-refractivity contribution in [3.8, 4) is 83.6 Å². The fraction of sp³-hybridized carbons (Fsp3) is 0.180. The zero-order valence-electron chi connectivity index (χ0n) is 87.1. The minimum absolute atomic E-state index is 0.200. The van der Waals surface area contributed by atoms with Gasteiger partial charge in [0.25, 0.3) is 13.4 Å². The zero-order valence-corrected chi connectivity index (χ0v) is 87.1. The molecule has 0 saturated heterocycles. The summed E-state index contributed by atoms with van der Waals surface area (Å²) >= 11 is 0. The van der Waals surface area contributed by atoms with Crippen molar-refractivity contribution in [2.24, 2.45) is 0 Å². The molecule has 4 aliphatic heterocycles. The average molecular weight is 1880 g/mol. The summed E-state index contributed by atoms with van der Waals surface area (Å²) in [4.78, 5) is 11.1. The van der Waals surface area contributed by atoms with Crippen LogP contribution in [0.5, 0.6) is 0 Å². The van der Waals surface area contributed by atoms with Crippen LogP contribution < -0.4 is 52.4 Å². The standard InChI is InChI=1S/C139H121B2N5/c1-133(2,3)91-72-92(134(4,5)6)75-97(74-91)143-120-68-43-39-64-114(120)140-116-84-117-123(85-122(116)144(98-76-93(135(7,8)9)73-94(77-98)136(10,11)12)127-83-99(82-126(143)130(127)140)142-118-66-41-34-57-104(118)105-58-35-42-67-119(105)142)146(132-109(88-50-27-21-28-51-88)80-96(138(16,17)18)81-110(132)89-52-29-22-30-53-89)125-71-90(100-59-45-60-106-103-56-33-38-63-113(103)139(128(100)106)111-61-36-31-54-101(111)102-55-32-37-62-112(102)139)70-124-129(125)141(117)115-65-40-44-69-121(115)145(124)131-107(86-46-23-19-24-47-86)78-95(137(13,14)15)79-108(131)87-48-25-20-26-49-87/h19-85H,1-18H3. The van der Waals surface area contributed by atoms with Gasteiger partial charge in [-0.15, -0.1) is 0 Å². The predicted molar refractivity (Wildman–Crippen MR) is 625 cm³/mol. The minimum atomic E-state index is -0.727. The maximum absolute atomic E-state index is 2.86. The largest absolute Gasteiger partial charge is 0.311 e. The maximum atomic E-state index is 2.86. The molecule has 0 amide bonds. The third-order valence-corrected chi connectivity index (χ3v) is 32.8. The second-order valence-electron chi connectivity index (χ2n) is 47.9. The van der Waals surface area contributed by atoms with Crippen molar-refractivity contribution in [3.05, 3.63) is 462 Å². The Morgan fingerprint density at radius 3 is 0.877 bits per heavy atom. The Morgan fingerprint density at radius 2 is 0.486 bits per heavy atom. The average Bonchev–Trinajstić information content (AvgIpc) is 1.51. The first kappa shape index (κ1) is 90.3. The summed E-state index contributed by atoms with van der Waals surface area (Å²) in [5.74, 6) is 0. The molecular formula is C139H121B2N5. The van der Waals surface area contributed by atoms with E-state index in [2.05, 4.69) is 555 Å². The van der Waals surface area contributed by atoms with Gasteiger partial charge in [0.05, 0.1) is 33.5 Å². The van der Waals surface area contributed by atoms with Gasteiger partial charge in [0.2, 0.25) is 0 Å². The van der Waals surface area contributed by atoms with Crippen molar-refractivity contribution in [2.75, 3.05) is 19.6 Å². The summed E-state index contributed by atoms with van der Waals surface area (Å²) in [6.45, 7) is 42.4. The first-order valence-corrected chi connectivity index (χ1v) is 52.5. The van der Waals surface area contributed by atoms with Crippen molar-refractivity contribution in [1.82, 2.24) is 4.57 Å².